The van der Waals surface area contributed by atoms with E-state index in [0.717, 1.165) is 4.47 Å². The molecule has 0 bridgehead atoms. The predicted molar refractivity (Wildman–Crippen MR) is 72.1 cm³/mol. The van der Waals surface area contributed by atoms with Crippen LogP contribution in [0.15, 0.2) is 21.4 Å². The Hall–Kier alpha value is -1.15. The Bertz CT molecular complexity index is 645. The third kappa shape index (κ3) is 2.46. The van der Waals surface area contributed by atoms with E-state index in [-0.39, 0.29) is 5.69 Å². The molecule has 2 heterocycles. The number of aromatic nitrogens is 2. The summed E-state index contributed by atoms with van der Waals surface area (Å²) >= 11 is 3.40. The molecule has 19 heavy (non-hydrogen) atoms. The van der Waals surface area contributed by atoms with Crippen molar-refractivity contribution in [2.45, 2.75) is 12.2 Å². The Kier molecular flexibility index (Phi) is 3.44. The van der Waals surface area contributed by atoms with Crippen molar-refractivity contribution >= 4 is 27.0 Å². The molecule has 3 N–H and O–H groups in total. The molecule has 2 unspecified atom stereocenters. The SMILES string of the molecule is O=c1[nH]c2cc(Br)c(C(O)C3COCCO3)cc2[nH]1. The first-order chi connectivity index (χ1) is 9.15. The predicted octanol–water partition coefficient (Wildman–Crippen LogP) is 1.07. The van der Waals surface area contributed by atoms with Gasteiger partial charge >= 0.3 is 5.69 Å². The molecule has 0 aliphatic carbocycles. The first-order valence-corrected chi connectivity index (χ1v) is 6.73. The van der Waals surface area contributed by atoms with Crippen LogP contribution in [0.3, 0.4) is 0 Å². The second-order valence-electron chi connectivity index (χ2n) is 4.43. The van der Waals surface area contributed by atoms with E-state index >= 15 is 0 Å². The fraction of sp³-hybridized carbons (Fsp3) is 0.417. The number of aliphatic hydroxyl groups excluding tert-OH is 1. The fourth-order valence-electron chi connectivity index (χ4n) is 2.19. The van der Waals surface area contributed by atoms with Crippen LogP contribution in [0.25, 0.3) is 11.0 Å². The van der Waals surface area contributed by atoms with Gasteiger partial charge in [0.2, 0.25) is 0 Å². The van der Waals surface area contributed by atoms with Crippen LogP contribution < -0.4 is 5.69 Å². The number of ether oxygens (including phenoxy) is 2. The molecule has 1 aliphatic rings. The van der Waals surface area contributed by atoms with Gasteiger partial charge in [0.1, 0.15) is 12.2 Å². The first-order valence-electron chi connectivity index (χ1n) is 5.94. The minimum absolute atomic E-state index is 0.272. The molecule has 0 spiro atoms. The van der Waals surface area contributed by atoms with Crippen molar-refractivity contribution in [2.24, 2.45) is 0 Å². The van der Waals surface area contributed by atoms with E-state index in [1.807, 2.05) is 0 Å². The Labute approximate surface area is 116 Å². The second kappa shape index (κ2) is 5.09. The summed E-state index contributed by atoms with van der Waals surface area (Å²) in [4.78, 5) is 16.6. The van der Waals surface area contributed by atoms with Gasteiger partial charge in [-0.1, -0.05) is 15.9 Å². The van der Waals surface area contributed by atoms with Crippen LogP contribution >= 0.6 is 15.9 Å². The van der Waals surface area contributed by atoms with E-state index in [0.29, 0.717) is 36.4 Å². The minimum atomic E-state index is -0.808. The van der Waals surface area contributed by atoms with Crippen molar-refractivity contribution in [3.05, 3.63) is 32.7 Å². The molecule has 1 aromatic heterocycles. The van der Waals surface area contributed by atoms with E-state index in [1.54, 1.807) is 12.1 Å². The third-order valence-electron chi connectivity index (χ3n) is 3.15. The highest BCUT2D eigenvalue weighted by Gasteiger charge is 2.26. The topological polar surface area (TPSA) is 87.3 Å². The summed E-state index contributed by atoms with van der Waals surface area (Å²) < 4.78 is 11.5. The van der Waals surface area contributed by atoms with E-state index in [4.69, 9.17) is 9.47 Å². The zero-order valence-corrected chi connectivity index (χ0v) is 11.6. The monoisotopic (exact) mass is 328 g/mol. The third-order valence-corrected chi connectivity index (χ3v) is 3.83. The highest BCUT2D eigenvalue weighted by molar-refractivity contribution is 9.10. The lowest BCUT2D eigenvalue weighted by molar-refractivity contribution is -0.133. The number of nitrogens with one attached hydrogen (secondary N) is 2. The number of fused-ring (bicyclic) bond motifs is 1. The summed E-state index contributed by atoms with van der Waals surface area (Å²) in [7, 11) is 0. The molecule has 0 saturated carbocycles. The normalized spacial score (nSPS) is 21.7. The Morgan fingerprint density at radius 2 is 2.05 bits per heavy atom. The van der Waals surface area contributed by atoms with Crippen molar-refractivity contribution in [3.63, 3.8) is 0 Å². The van der Waals surface area contributed by atoms with Crippen molar-refractivity contribution in [2.75, 3.05) is 19.8 Å². The second-order valence-corrected chi connectivity index (χ2v) is 5.28. The Morgan fingerprint density at radius 1 is 1.32 bits per heavy atom. The number of aliphatic hydroxyl groups is 1. The lowest BCUT2D eigenvalue weighted by atomic mass is 10.0. The number of H-pyrrole nitrogens is 2. The molecular weight excluding hydrogens is 316 g/mol. The summed E-state index contributed by atoms with van der Waals surface area (Å²) in [6, 6.07) is 3.50. The number of rotatable bonds is 2. The van der Waals surface area contributed by atoms with Gasteiger partial charge in [-0.25, -0.2) is 4.79 Å². The van der Waals surface area contributed by atoms with Crippen LogP contribution in [0.1, 0.15) is 11.7 Å². The van der Waals surface area contributed by atoms with Gasteiger partial charge in [0, 0.05) is 4.47 Å². The van der Waals surface area contributed by atoms with Crippen LogP contribution in [0.5, 0.6) is 0 Å². The molecule has 3 rings (SSSR count). The number of aromatic amines is 2. The molecule has 0 radical (unpaired) electrons. The maximum Gasteiger partial charge on any atom is 0.323 e. The number of hydrogen-bond acceptors (Lipinski definition) is 4. The Balaban J connectivity index is 1.98. The molecule has 1 fully saturated rings. The zero-order valence-electron chi connectivity index (χ0n) is 9.98. The molecule has 6 nitrogen and oxygen atoms in total. The van der Waals surface area contributed by atoms with Gasteiger partial charge in [0.15, 0.2) is 0 Å². The zero-order chi connectivity index (χ0) is 13.4. The molecule has 1 aliphatic heterocycles. The molecule has 0 amide bonds. The van der Waals surface area contributed by atoms with Crippen molar-refractivity contribution in [1.82, 2.24) is 9.97 Å². The number of hydrogen-bond donors (Lipinski definition) is 3. The highest BCUT2D eigenvalue weighted by atomic mass is 79.9. The van der Waals surface area contributed by atoms with Crippen LogP contribution in [0.2, 0.25) is 0 Å². The number of imidazole rings is 1. The van der Waals surface area contributed by atoms with E-state index in [2.05, 4.69) is 25.9 Å². The lowest BCUT2D eigenvalue weighted by Crippen LogP contribution is -2.34. The first kappa shape index (κ1) is 12.9. The molecular formula is C12H13BrN2O4. The highest BCUT2D eigenvalue weighted by Crippen LogP contribution is 2.30. The maximum absolute atomic E-state index is 11.2. The van der Waals surface area contributed by atoms with Gasteiger partial charge in [-0.2, -0.15) is 0 Å². The lowest BCUT2D eigenvalue weighted by Gasteiger charge is -2.27. The summed E-state index contributed by atoms with van der Waals surface area (Å²) in [5.74, 6) is 0. The summed E-state index contributed by atoms with van der Waals surface area (Å²) in [5, 5.41) is 10.4. The molecule has 102 valence electrons. The quantitative estimate of drug-likeness (QED) is 0.769. The van der Waals surface area contributed by atoms with Gasteiger partial charge < -0.3 is 24.5 Å². The molecule has 2 atom stereocenters. The van der Waals surface area contributed by atoms with Crippen LogP contribution in [-0.4, -0.2) is 41.0 Å². The standard InChI is InChI=1S/C12H13BrN2O4/c13-7-4-9-8(14-12(17)15-9)3-6(7)11(16)10-5-18-1-2-19-10/h3-4,10-11,16H,1-2,5H2,(H2,14,15,17). The van der Waals surface area contributed by atoms with E-state index < -0.39 is 12.2 Å². The van der Waals surface area contributed by atoms with E-state index in [9.17, 15) is 9.90 Å². The number of benzene rings is 1. The van der Waals surface area contributed by atoms with Crippen LogP contribution in [-0.2, 0) is 9.47 Å². The van der Waals surface area contributed by atoms with Crippen LogP contribution in [0, 0.1) is 0 Å². The smallest absolute Gasteiger partial charge is 0.323 e. The maximum atomic E-state index is 11.2. The minimum Gasteiger partial charge on any atom is -0.386 e. The molecule has 7 heteroatoms. The largest absolute Gasteiger partial charge is 0.386 e. The summed E-state index contributed by atoms with van der Waals surface area (Å²) in [6.07, 6.45) is -1.20. The fourth-order valence-corrected chi connectivity index (χ4v) is 2.77. The number of halogens is 1. The van der Waals surface area contributed by atoms with Crippen molar-refractivity contribution in [3.8, 4) is 0 Å². The summed E-state index contributed by atoms with van der Waals surface area (Å²) in [6.45, 7) is 1.38. The summed E-state index contributed by atoms with van der Waals surface area (Å²) in [5.41, 5.74) is 1.73. The van der Waals surface area contributed by atoms with Gasteiger partial charge in [-0.05, 0) is 17.7 Å². The van der Waals surface area contributed by atoms with Crippen molar-refractivity contribution in [1.29, 1.82) is 0 Å². The molecule has 1 aromatic carbocycles. The van der Waals surface area contributed by atoms with Gasteiger partial charge in [0.05, 0.1) is 30.9 Å². The average Bonchev–Trinajstić information content (AvgIpc) is 2.77. The van der Waals surface area contributed by atoms with Gasteiger partial charge in [-0.3, -0.25) is 0 Å². The van der Waals surface area contributed by atoms with Gasteiger partial charge in [0.25, 0.3) is 0 Å². The Morgan fingerprint density at radius 3 is 2.74 bits per heavy atom. The van der Waals surface area contributed by atoms with Gasteiger partial charge in [-0.15, -0.1) is 0 Å². The van der Waals surface area contributed by atoms with E-state index in [1.165, 1.54) is 0 Å². The van der Waals surface area contributed by atoms with Crippen molar-refractivity contribution < 1.29 is 14.6 Å². The van der Waals surface area contributed by atoms with Crippen LogP contribution in [0.4, 0.5) is 0 Å². The molecule has 2 aromatic rings. The average molecular weight is 329 g/mol. The molecule has 1 saturated heterocycles.